The Kier molecular flexibility index (Phi) is 9.54. The topological polar surface area (TPSA) is 112 Å². The maximum absolute atomic E-state index is 12.3. The molecule has 46 heavy (non-hydrogen) atoms. The number of aromatic nitrogens is 2. The molecule has 2 N–H and O–H groups in total. The van der Waals surface area contributed by atoms with Crippen molar-refractivity contribution in [3.05, 3.63) is 126 Å². The van der Waals surface area contributed by atoms with E-state index in [0.717, 1.165) is 44.4 Å². The Morgan fingerprint density at radius 1 is 0.935 bits per heavy atom. The zero-order valence-corrected chi connectivity index (χ0v) is 25.8. The number of carbonyl (C=O) groups excluding carboxylic acids is 2. The molecule has 0 radical (unpaired) electrons. The summed E-state index contributed by atoms with van der Waals surface area (Å²) in [6.07, 6.45) is 0.776. The van der Waals surface area contributed by atoms with Gasteiger partial charge in [-0.05, 0) is 52.9 Å². The molecule has 0 aliphatic carbocycles. The zero-order valence-electron chi connectivity index (χ0n) is 25.8. The minimum absolute atomic E-state index is 0.00690. The Balaban J connectivity index is 1.19. The second-order valence-corrected chi connectivity index (χ2v) is 11.5. The van der Waals surface area contributed by atoms with Crippen LogP contribution in [0.2, 0.25) is 0 Å². The predicted octanol–water partition coefficient (Wildman–Crippen LogP) is 6.01. The molecular weight excluding hydrogens is 582 g/mol. The van der Waals surface area contributed by atoms with Gasteiger partial charge in [0.15, 0.2) is 12.4 Å². The first kappa shape index (κ1) is 31.2. The molecule has 4 atom stereocenters. The standard InChI is InChI=1S/C37H37N3O6/c1-24(44-25(2)42)36(43)38-20-27-6-5-7-31(18-27)28-14-16-30(17-15-28)37-45-32(21-40-23-39-33-8-3-4-9-34(33)40)19-35(46-37)29-12-10-26(22-41)11-13-29/h3-18,23-24,32,35,37,41H,19-22H2,1-2H3,(H,38,43)/t24-,32+,35-,37-/m0/s1. The predicted molar refractivity (Wildman–Crippen MR) is 173 cm³/mol. The van der Waals surface area contributed by atoms with E-state index in [1.807, 2.05) is 97.3 Å². The Morgan fingerprint density at radius 2 is 1.70 bits per heavy atom. The molecule has 1 aliphatic rings. The fourth-order valence-corrected chi connectivity index (χ4v) is 5.74. The van der Waals surface area contributed by atoms with Crippen LogP contribution in [0.3, 0.4) is 0 Å². The number of amides is 1. The van der Waals surface area contributed by atoms with Gasteiger partial charge in [0.2, 0.25) is 0 Å². The fraction of sp³-hybridized carbons (Fsp3) is 0.270. The number of benzene rings is 4. The lowest BCUT2D eigenvalue weighted by Gasteiger charge is -2.36. The van der Waals surface area contributed by atoms with Crippen LogP contribution in [0.25, 0.3) is 22.2 Å². The molecule has 1 amide bonds. The highest BCUT2D eigenvalue weighted by Crippen LogP contribution is 2.39. The highest BCUT2D eigenvalue weighted by atomic mass is 16.7. The minimum atomic E-state index is -0.851. The van der Waals surface area contributed by atoms with Crippen molar-refractivity contribution < 1.29 is 28.9 Å². The molecule has 1 fully saturated rings. The number of hydrogen-bond acceptors (Lipinski definition) is 7. The molecule has 9 heteroatoms. The summed E-state index contributed by atoms with van der Waals surface area (Å²) < 4.78 is 20.2. The molecular formula is C37H37N3O6. The van der Waals surface area contributed by atoms with Crippen LogP contribution in [-0.4, -0.2) is 38.7 Å². The minimum Gasteiger partial charge on any atom is -0.453 e. The van der Waals surface area contributed by atoms with E-state index in [-0.39, 0.29) is 24.7 Å². The van der Waals surface area contributed by atoms with Crippen molar-refractivity contribution in [3.8, 4) is 11.1 Å². The lowest BCUT2D eigenvalue weighted by Crippen LogP contribution is -2.35. The van der Waals surface area contributed by atoms with Gasteiger partial charge in [-0.1, -0.05) is 78.9 Å². The normalized spacial score (nSPS) is 18.6. The zero-order chi connectivity index (χ0) is 32.0. The molecule has 1 aliphatic heterocycles. The van der Waals surface area contributed by atoms with Crippen molar-refractivity contribution in [1.82, 2.24) is 14.9 Å². The van der Waals surface area contributed by atoms with Crippen LogP contribution >= 0.6 is 0 Å². The number of nitrogens with one attached hydrogen (secondary N) is 1. The highest BCUT2D eigenvalue weighted by Gasteiger charge is 2.32. The number of fused-ring (bicyclic) bond motifs is 1. The van der Waals surface area contributed by atoms with Gasteiger partial charge in [0.25, 0.3) is 5.91 Å². The van der Waals surface area contributed by atoms with E-state index < -0.39 is 18.4 Å². The molecule has 0 unspecified atom stereocenters. The Labute approximate surface area is 267 Å². The number of esters is 1. The Morgan fingerprint density at radius 3 is 2.46 bits per heavy atom. The first-order chi connectivity index (χ1) is 22.4. The van der Waals surface area contributed by atoms with Crippen LogP contribution < -0.4 is 5.32 Å². The van der Waals surface area contributed by atoms with Gasteiger partial charge in [-0.2, -0.15) is 0 Å². The number of hydrogen-bond donors (Lipinski definition) is 2. The van der Waals surface area contributed by atoms with E-state index in [4.69, 9.17) is 14.2 Å². The monoisotopic (exact) mass is 619 g/mol. The van der Waals surface area contributed by atoms with Gasteiger partial charge in [0.1, 0.15) is 0 Å². The van der Waals surface area contributed by atoms with E-state index in [1.54, 1.807) is 6.92 Å². The molecule has 4 aromatic carbocycles. The third kappa shape index (κ3) is 7.34. The average Bonchev–Trinajstić information content (AvgIpc) is 3.49. The second-order valence-electron chi connectivity index (χ2n) is 11.5. The van der Waals surface area contributed by atoms with Crippen LogP contribution in [0.5, 0.6) is 0 Å². The number of rotatable bonds is 10. The number of para-hydroxylation sites is 2. The molecule has 0 spiro atoms. The van der Waals surface area contributed by atoms with Gasteiger partial charge < -0.3 is 29.2 Å². The van der Waals surface area contributed by atoms with Crippen molar-refractivity contribution >= 4 is 22.9 Å². The molecule has 9 nitrogen and oxygen atoms in total. The van der Waals surface area contributed by atoms with Crippen molar-refractivity contribution in [2.45, 2.75) is 64.6 Å². The third-order valence-electron chi connectivity index (χ3n) is 8.16. The van der Waals surface area contributed by atoms with Crippen LogP contribution in [0.1, 0.15) is 54.9 Å². The maximum atomic E-state index is 12.3. The number of aliphatic hydroxyl groups is 1. The van der Waals surface area contributed by atoms with Gasteiger partial charge in [-0.25, -0.2) is 4.98 Å². The fourth-order valence-electron chi connectivity index (χ4n) is 5.74. The van der Waals surface area contributed by atoms with Crippen molar-refractivity contribution in [3.63, 3.8) is 0 Å². The van der Waals surface area contributed by atoms with Crippen LogP contribution in [0.15, 0.2) is 103 Å². The summed E-state index contributed by atoms with van der Waals surface area (Å²) in [4.78, 5) is 28.0. The van der Waals surface area contributed by atoms with Crippen LogP contribution in [-0.2, 0) is 43.5 Å². The van der Waals surface area contributed by atoms with Crippen LogP contribution in [0.4, 0.5) is 0 Å². The van der Waals surface area contributed by atoms with Gasteiger partial charge in [0.05, 0.1) is 42.7 Å². The Bertz CT molecular complexity index is 1800. The number of nitrogens with zero attached hydrogens (tertiary/aromatic N) is 2. The lowest BCUT2D eigenvalue weighted by molar-refractivity contribution is -0.252. The van der Waals surface area contributed by atoms with Gasteiger partial charge in [-0.3, -0.25) is 9.59 Å². The highest BCUT2D eigenvalue weighted by molar-refractivity contribution is 5.83. The van der Waals surface area contributed by atoms with Crippen molar-refractivity contribution in [2.24, 2.45) is 0 Å². The summed E-state index contributed by atoms with van der Waals surface area (Å²) in [5.41, 5.74) is 7.74. The smallest absolute Gasteiger partial charge is 0.303 e. The van der Waals surface area contributed by atoms with Crippen LogP contribution in [0, 0.1) is 0 Å². The van der Waals surface area contributed by atoms with E-state index in [0.29, 0.717) is 19.5 Å². The molecule has 2 heterocycles. The molecule has 0 bridgehead atoms. The first-order valence-corrected chi connectivity index (χ1v) is 15.4. The van der Waals surface area contributed by atoms with E-state index in [9.17, 15) is 14.7 Å². The SMILES string of the molecule is CC(=O)O[C@@H](C)C(=O)NCc1cccc(-c2ccc([C@H]3O[C@@H](Cn4cnc5ccccc54)C[C@@H](c4ccc(CO)cc4)O3)cc2)c1. The average molecular weight is 620 g/mol. The summed E-state index contributed by atoms with van der Waals surface area (Å²) >= 11 is 0. The summed E-state index contributed by atoms with van der Waals surface area (Å²) in [5, 5.41) is 12.3. The summed E-state index contributed by atoms with van der Waals surface area (Å²) in [6, 6.07) is 32.0. The lowest BCUT2D eigenvalue weighted by atomic mass is 9.99. The third-order valence-corrected chi connectivity index (χ3v) is 8.16. The number of aliphatic hydroxyl groups excluding tert-OH is 1. The first-order valence-electron chi connectivity index (χ1n) is 15.4. The molecule has 236 valence electrons. The molecule has 1 aromatic heterocycles. The second kappa shape index (κ2) is 14.1. The van der Waals surface area contributed by atoms with E-state index in [2.05, 4.69) is 20.9 Å². The van der Waals surface area contributed by atoms with E-state index >= 15 is 0 Å². The summed E-state index contributed by atoms with van der Waals surface area (Å²) in [5.74, 6) is -0.841. The number of carbonyl (C=O) groups is 2. The number of imidazole rings is 1. The van der Waals surface area contributed by atoms with Gasteiger partial charge in [-0.15, -0.1) is 0 Å². The van der Waals surface area contributed by atoms with E-state index in [1.165, 1.54) is 6.92 Å². The maximum Gasteiger partial charge on any atom is 0.303 e. The molecule has 0 saturated carbocycles. The van der Waals surface area contributed by atoms with Crippen molar-refractivity contribution in [2.75, 3.05) is 0 Å². The summed E-state index contributed by atoms with van der Waals surface area (Å²) in [7, 11) is 0. The molecule has 5 aromatic rings. The van der Waals surface area contributed by atoms with Crippen molar-refractivity contribution in [1.29, 1.82) is 0 Å². The summed E-state index contributed by atoms with van der Waals surface area (Å²) in [6.45, 7) is 3.77. The van der Waals surface area contributed by atoms with Gasteiger partial charge >= 0.3 is 5.97 Å². The Hall–Kier alpha value is -4.83. The molecule has 6 rings (SSSR count). The quantitative estimate of drug-likeness (QED) is 0.184. The number of ether oxygens (including phenoxy) is 3. The molecule has 1 saturated heterocycles. The largest absolute Gasteiger partial charge is 0.453 e. The van der Waals surface area contributed by atoms with Gasteiger partial charge in [0, 0.05) is 25.5 Å².